The summed E-state index contributed by atoms with van der Waals surface area (Å²) in [6.07, 6.45) is 4.24. The van der Waals surface area contributed by atoms with Crippen LogP contribution in [-0.2, 0) is 22.5 Å². The molecule has 7 nitrogen and oxygen atoms in total. The Bertz CT molecular complexity index is 436. The molecule has 0 bridgehead atoms. The Morgan fingerprint density at radius 1 is 1.39 bits per heavy atom. The van der Waals surface area contributed by atoms with Crippen LogP contribution < -0.4 is 10.8 Å². The van der Waals surface area contributed by atoms with Crippen molar-refractivity contribution in [3.8, 4) is 0 Å². The van der Waals surface area contributed by atoms with E-state index in [4.69, 9.17) is 5.11 Å². The zero-order chi connectivity index (χ0) is 13.0. The minimum Gasteiger partial charge on any atom is -0.479 e. The fourth-order valence-corrected chi connectivity index (χ4v) is 2.74. The minimum absolute atomic E-state index is 0.512. The van der Waals surface area contributed by atoms with Crippen LogP contribution in [-0.4, -0.2) is 28.7 Å². The predicted octanol–water partition coefficient (Wildman–Crippen LogP) is 1.16. The molecular weight excluding hydrogens is 258 g/mol. The third kappa shape index (κ3) is 3.41. The normalized spacial score (nSPS) is 13.8. The van der Waals surface area contributed by atoms with Crippen molar-refractivity contribution in [2.45, 2.75) is 25.7 Å². The number of urea groups is 1. The zero-order valence-electron chi connectivity index (χ0n) is 9.56. The smallest absolute Gasteiger partial charge is 0.344 e. The van der Waals surface area contributed by atoms with Gasteiger partial charge in [0.05, 0.1) is 5.69 Å². The molecule has 1 aromatic heterocycles. The Kier molecular flexibility index (Phi) is 4.11. The highest BCUT2D eigenvalue weighted by Gasteiger charge is 2.16. The number of hydrogen-bond acceptors (Lipinski definition) is 5. The lowest BCUT2D eigenvalue weighted by molar-refractivity contribution is -0.143. The second-order valence-corrected chi connectivity index (χ2v) is 4.92. The Morgan fingerprint density at radius 2 is 2.17 bits per heavy atom. The molecule has 0 aliphatic heterocycles. The van der Waals surface area contributed by atoms with Gasteiger partial charge < -0.3 is 5.11 Å². The summed E-state index contributed by atoms with van der Waals surface area (Å²) < 4.78 is 0. The van der Waals surface area contributed by atoms with Gasteiger partial charge in [-0.15, -0.1) is 11.3 Å². The maximum absolute atomic E-state index is 11.3. The number of anilines is 1. The van der Waals surface area contributed by atoms with E-state index in [1.807, 2.05) is 5.48 Å². The van der Waals surface area contributed by atoms with Gasteiger partial charge in [0, 0.05) is 4.88 Å². The van der Waals surface area contributed by atoms with Crippen molar-refractivity contribution in [2.75, 3.05) is 11.9 Å². The van der Waals surface area contributed by atoms with Crippen LogP contribution >= 0.6 is 11.3 Å². The Hall–Kier alpha value is -1.67. The van der Waals surface area contributed by atoms with E-state index in [-0.39, 0.29) is 0 Å². The second kappa shape index (κ2) is 5.78. The van der Waals surface area contributed by atoms with Gasteiger partial charge in [0.25, 0.3) is 0 Å². The van der Waals surface area contributed by atoms with Crippen LogP contribution in [0.15, 0.2) is 0 Å². The molecule has 0 saturated carbocycles. The molecular formula is C10H13N3O4S. The van der Waals surface area contributed by atoms with Gasteiger partial charge in [0.15, 0.2) is 11.7 Å². The molecule has 2 rings (SSSR count). The largest absolute Gasteiger partial charge is 0.479 e. The topological polar surface area (TPSA) is 101 Å². The number of carbonyl (C=O) groups is 2. The number of hydrogen-bond donors (Lipinski definition) is 3. The molecule has 0 saturated heterocycles. The molecule has 0 aromatic carbocycles. The fraction of sp³-hybridized carbons (Fsp3) is 0.500. The predicted molar refractivity (Wildman–Crippen MR) is 64.5 cm³/mol. The van der Waals surface area contributed by atoms with E-state index in [0.717, 1.165) is 31.4 Å². The number of carboxylic acids is 1. The molecule has 0 fully saturated rings. The second-order valence-electron chi connectivity index (χ2n) is 3.83. The number of aryl methyl sites for hydroxylation is 2. The van der Waals surface area contributed by atoms with Gasteiger partial charge in [-0.3, -0.25) is 10.2 Å². The number of rotatable bonds is 4. The molecule has 1 heterocycles. The fourth-order valence-electron chi connectivity index (χ4n) is 1.69. The molecule has 98 valence electrons. The van der Waals surface area contributed by atoms with E-state index < -0.39 is 18.6 Å². The van der Waals surface area contributed by atoms with Gasteiger partial charge >= 0.3 is 12.0 Å². The SMILES string of the molecule is O=C(O)CONC(=O)Nc1nc2c(s1)CCCC2. The van der Waals surface area contributed by atoms with E-state index in [2.05, 4.69) is 15.1 Å². The monoisotopic (exact) mass is 271 g/mol. The van der Waals surface area contributed by atoms with Crippen LogP contribution in [0.2, 0.25) is 0 Å². The number of aliphatic carboxylic acids is 1. The third-order valence-corrected chi connectivity index (χ3v) is 3.50. The zero-order valence-corrected chi connectivity index (χ0v) is 10.4. The number of carbonyl (C=O) groups excluding carboxylic acids is 1. The van der Waals surface area contributed by atoms with E-state index in [9.17, 15) is 9.59 Å². The van der Waals surface area contributed by atoms with Crippen LogP contribution in [0.25, 0.3) is 0 Å². The Balaban J connectivity index is 1.83. The first-order valence-corrected chi connectivity index (χ1v) is 6.36. The summed E-state index contributed by atoms with van der Waals surface area (Å²) in [5.74, 6) is -1.15. The highest BCUT2D eigenvalue weighted by molar-refractivity contribution is 7.15. The molecule has 0 atom stereocenters. The molecule has 0 spiro atoms. The highest BCUT2D eigenvalue weighted by Crippen LogP contribution is 2.29. The maximum atomic E-state index is 11.3. The lowest BCUT2D eigenvalue weighted by Gasteiger charge is -2.06. The van der Waals surface area contributed by atoms with E-state index in [1.165, 1.54) is 16.2 Å². The average Bonchev–Trinajstić information content (AvgIpc) is 2.70. The van der Waals surface area contributed by atoms with Gasteiger partial charge in [-0.1, -0.05) is 0 Å². The van der Waals surface area contributed by atoms with Gasteiger partial charge in [0.2, 0.25) is 0 Å². The average molecular weight is 271 g/mol. The number of thiazole rings is 1. The number of nitrogens with zero attached hydrogens (tertiary/aromatic N) is 1. The molecule has 1 aromatic rings. The number of aromatic nitrogens is 1. The van der Waals surface area contributed by atoms with Crippen molar-refractivity contribution in [3.05, 3.63) is 10.6 Å². The summed E-state index contributed by atoms with van der Waals surface area (Å²) in [6, 6.07) is -0.623. The van der Waals surface area contributed by atoms with Gasteiger partial charge in [-0.05, 0) is 25.7 Å². The first-order chi connectivity index (χ1) is 8.65. The van der Waals surface area contributed by atoms with Crippen molar-refractivity contribution in [3.63, 3.8) is 0 Å². The van der Waals surface area contributed by atoms with E-state index >= 15 is 0 Å². The van der Waals surface area contributed by atoms with Crippen molar-refractivity contribution in [1.82, 2.24) is 10.5 Å². The molecule has 0 unspecified atom stereocenters. The van der Waals surface area contributed by atoms with Crippen LogP contribution in [0.3, 0.4) is 0 Å². The lowest BCUT2D eigenvalue weighted by atomic mass is 10.0. The van der Waals surface area contributed by atoms with Crippen molar-refractivity contribution >= 4 is 28.5 Å². The summed E-state index contributed by atoms with van der Waals surface area (Å²) >= 11 is 1.45. The lowest BCUT2D eigenvalue weighted by Crippen LogP contribution is -2.30. The highest BCUT2D eigenvalue weighted by atomic mass is 32.1. The molecule has 0 radical (unpaired) electrons. The summed E-state index contributed by atoms with van der Waals surface area (Å²) in [7, 11) is 0. The summed E-state index contributed by atoms with van der Waals surface area (Å²) in [5.41, 5.74) is 3.03. The molecule has 1 aliphatic carbocycles. The Labute approximate surface area is 107 Å². The van der Waals surface area contributed by atoms with Crippen LogP contribution in [0, 0.1) is 0 Å². The van der Waals surface area contributed by atoms with Crippen molar-refractivity contribution in [2.24, 2.45) is 0 Å². The first-order valence-electron chi connectivity index (χ1n) is 5.54. The number of hydroxylamine groups is 1. The molecule has 3 N–H and O–H groups in total. The van der Waals surface area contributed by atoms with Gasteiger partial charge in [0.1, 0.15) is 0 Å². The number of amides is 2. The number of nitrogens with one attached hydrogen (secondary N) is 2. The van der Waals surface area contributed by atoms with Crippen LogP contribution in [0.4, 0.5) is 9.93 Å². The standard InChI is InChI=1S/C10H13N3O4S/c14-8(15)5-17-13-9(16)12-10-11-6-3-1-2-4-7(6)18-10/h1-5H2,(H,14,15)(H2,11,12,13,16). The summed E-state index contributed by atoms with van der Waals surface area (Å²) in [6.45, 7) is -0.582. The van der Waals surface area contributed by atoms with Crippen molar-refractivity contribution in [1.29, 1.82) is 0 Å². The minimum atomic E-state index is -1.15. The van der Waals surface area contributed by atoms with Crippen LogP contribution in [0.1, 0.15) is 23.4 Å². The summed E-state index contributed by atoms with van der Waals surface area (Å²) in [4.78, 5) is 31.5. The van der Waals surface area contributed by atoms with E-state index in [1.54, 1.807) is 0 Å². The van der Waals surface area contributed by atoms with Gasteiger partial charge in [-0.25, -0.2) is 20.1 Å². The van der Waals surface area contributed by atoms with Crippen LogP contribution in [0.5, 0.6) is 0 Å². The first kappa shape index (κ1) is 12.8. The maximum Gasteiger partial charge on any atom is 0.344 e. The van der Waals surface area contributed by atoms with Gasteiger partial charge in [-0.2, -0.15) is 0 Å². The Morgan fingerprint density at radius 3 is 2.89 bits per heavy atom. The number of carboxylic acid groups (broad SMARTS) is 1. The quantitative estimate of drug-likeness (QED) is 0.713. The molecule has 18 heavy (non-hydrogen) atoms. The third-order valence-electron chi connectivity index (χ3n) is 2.43. The van der Waals surface area contributed by atoms with E-state index in [0.29, 0.717) is 5.13 Å². The molecule has 2 amide bonds. The summed E-state index contributed by atoms with van der Waals surface area (Å²) in [5, 5.41) is 11.3. The molecule has 8 heteroatoms. The van der Waals surface area contributed by atoms with Crippen molar-refractivity contribution < 1.29 is 19.5 Å². The molecule has 1 aliphatic rings. The number of fused-ring (bicyclic) bond motifs is 1.